The van der Waals surface area contributed by atoms with Crippen LogP contribution in [-0.4, -0.2) is 27.8 Å². The molecule has 3 aromatic rings. The minimum Gasteiger partial charge on any atom is -0.339 e. The van der Waals surface area contributed by atoms with Gasteiger partial charge in [0.25, 0.3) is 5.91 Å². The van der Waals surface area contributed by atoms with Gasteiger partial charge in [-0.1, -0.05) is 19.9 Å². The second-order valence-corrected chi connectivity index (χ2v) is 6.87. The van der Waals surface area contributed by atoms with Crippen LogP contribution in [0.4, 0.5) is 5.69 Å². The van der Waals surface area contributed by atoms with E-state index in [0.29, 0.717) is 16.1 Å². The first-order chi connectivity index (χ1) is 12.0. The summed E-state index contributed by atoms with van der Waals surface area (Å²) in [6.07, 6.45) is 3.22. The van der Waals surface area contributed by atoms with Crippen molar-refractivity contribution in [1.82, 2.24) is 15.3 Å². The number of aromatic nitrogens is 2. The number of nitrogens with zero attached hydrogens (tertiary/aromatic N) is 2. The first-order valence-corrected chi connectivity index (χ1v) is 8.78. The van der Waals surface area contributed by atoms with Crippen molar-refractivity contribution < 1.29 is 9.59 Å². The highest BCUT2D eigenvalue weighted by Crippen LogP contribution is 2.16. The molecule has 0 fully saturated rings. The molecule has 0 saturated heterocycles. The normalized spacial score (nSPS) is 12.1. The first kappa shape index (κ1) is 17.0. The zero-order valence-corrected chi connectivity index (χ0v) is 14.7. The van der Waals surface area contributed by atoms with Crippen LogP contribution in [0.25, 0.3) is 11.0 Å². The molecule has 0 aliphatic rings. The van der Waals surface area contributed by atoms with E-state index in [1.54, 1.807) is 42.7 Å². The number of rotatable bonds is 5. The lowest BCUT2D eigenvalue weighted by Gasteiger charge is -2.21. The zero-order chi connectivity index (χ0) is 17.8. The van der Waals surface area contributed by atoms with Gasteiger partial charge in [-0.3, -0.25) is 19.6 Å². The van der Waals surface area contributed by atoms with Crippen LogP contribution in [0, 0.1) is 5.92 Å². The predicted octanol–water partition coefficient (Wildman–Crippen LogP) is 3.08. The van der Waals surface area contributed by atoms with E-state index in [1.165, 1.54) is 11.3 Å². The van der Waals surface area contributed by atoms with Gasteiger partial charge in [0.1, 0.15) is 6.04 Å². The van der Waals surface area contributed by atoms with Gasteiger partial charge < -0.3 is 10.6 Å². The molecule has 0 bridgehead atoms. The van der Waals surface area contributed by atoms with Gasteiger partial charge in [-0.15, -0.1) is 11.3 Å². The average Bonchev–Trinajstić information content (AvgIpc) is 3.13. The lowest BCUT2D eigenvalue weighted by atomic mass is 10.0. The maximum absolute atomic E-state index is 12.6. The van der Waals surface area contributed by atoms with Crippen molar-refractivity contribution in [1.29, 1.82) is 0 Å². The monoisotopic (exact) mass is 354 g/mol. The van der Waals surface area contributed by atoms with E-state index in [4.69, 9.17) is 0 Å². The molecule has 0 aliphatic carbocycles. The summed E-state index contributed by atoms with van der Waals surface area (Å²) in [6.45, 7) is 3.79. The number of carbonyl (C=O) groups is 2. The van der Waals surface area contributed by atoms with Crippen molar-refractivity contribution in [2.75, 3.05) is 5.32 Å². The van der Waals surface area contributed by atoms with E-state index in [0.717, 1.165) is 5.52 Å². The van der Waals surface area contributed by atoms with Gasteiger partial charge in [-0.25, -0.2) is 0 Å². The van der Waals surface area contributed by atoms with Crippen LogP contribution in [0.15, 0.2) is 48.1 Å². The molecule has 25 heavy (non-hydrogen) atoms. The summed E-state index contributed by atoms with van der Waals surface area (Å²) >= 11 is 1.34. The summed E-state index contributed by atoms with van der Waals surface area (Å²) in [6, 6.07) is 8.24. The molecule has 1 atom stereocenters. The van der Waals surface area contributed by atoms with E-state index in [9.17, 15) is 9.59 Å². The maximum atomic E-state index is 12.6. The van der Waals surface area contributed by atoms with Crippen molar-refractivity contribution in [3.63, 3.8) is 0 Å². The van der Waals surface area contributed by atoms with E-state index >= 15 is 0 Å². The molecule has 0 radical (unpaired) electrons. The molecular weight excluding hydrogens is 336 g/mol. The maximum Gasteiger partial charge on any atom is 0.262 e. The Balaban J connectivity index is 1.74. The van der Waals surface area contributed by atoms with Gasteiger partial charge >= 0.3 is 0 Å². The summed E-state index contributed by atoms with van der Waals surface area (Å²) in [5.74, 6) is -0.555. The third-order valence-corrected chi connectivity index (χ3v) is 4.59. The van der Waals surface area contributed by atoms with Crippen molar-refractivity contribution in [2.24, 2.45) is 5.92 Å². The van der Waals surface area contributed by atoms with Crippen LogP contribution in [0.3, 0.4) is 0 Å². The Labute approximate surface area is 149 Å². The van der Waals surface area contributed by atoms with Crippen LogP contribution in [0.5, 0.6) is 0 Å². The van der Waals surface area contributed by atoms with Crippen LogP contribution >= 0.6 is 11.3 Å². The molecule has 3 rings (SSSR count). The lowest BCUT2D eigenvalue weighted by molar-refractivity contribution is -0.118. The third kappa shape index (κ3) is 4.00. The number of thiophene rings is 1. The molecule has 7 heteroatoms. The molecule has 1 aromatic carbocycles. The summed E-state index contributed by atoms with van der Waals surface area (Å²) < 4.78 is 0. The Bertz CT molecular complexity index is 893. The summed E-state index contributed by atoms with van der Waals surface area (Å²) in [5, 5.41) is 7.48. The molecule has 0 aliphatic heterocycles. The van der Waals surface area contributed by atoms with Crippen LogP contribution < -0.4 is 10.6 Å². The van der Waals surface area contributed by atoms with Crippen LogP contribution in [-0.2, 0) is 4.79 Å². The highest BCUT2D eigenvalue weighted by Gasteiger charge is 2.25. The fourth-order valence-electron chi connectivity index (χ4n) is 2.42. The number of hydrogen-bond acceptors (Lipinski definition) is 5. The highest BCUT2D eigenvalue weighted by atomic mass is 32.1. The Morgan fingerprint density at radius 2 is 1.84 bits per heavy atom. The van der Waals surface area contributed by atoms with E-state index in [2.05, 4.69) is 20.6 Å². The molecule has 2 aromatic heterocycles. The number of nitrogens with one attached hydrogen (secondary N) is 2. The number of benzene rings is 1. The Morgan fingerprint density at radius 1 is 1.08 bits per heavy atom. The zero-order valence-electron chi connectivity index (χ0n) is 13.9. The predicted molar refractivity (Wildman–Crippen MR) is 98.6 cm³/mol. The van der Waals surface area contributed by atoms with Crippen molar-refractivity contribution in [3.05, 3.63) is 53.0 Å². The van der Waals surface area contributed by atoms with Crippen LogP contribution in [0.1, 0.15) is 23.5 Å². The van der Waals surface area contributed by atoms with Gasteiger partial charge in [-0.2, -0.15) is 0 Å². The van der Waals surface area contributed by atoms with Crippen molar-refractivity contribution in [3.8, 4) is 0 Å². The van der Waals surface area contributed by atoms with Gasteiger partial charge in [-0.05, 0) is 35.6 Å². The standard InChI is InChI=1S/C18H18N4O2S/c1-11(2)16(22-17(23)15-4-3-9-25-15)18(24)21-12-5-6-13-14(10-12)20-8-7-19-13/h3-11,16H,1-2H3,(H,21,24)(H,22,23)/t16-/m0/s1. The van der Waals surface area contributed by atoms with E-state index < -0.39 is 6.04 Å². The minimum atomic E-state index is -0.632. The fraction of sp³-hybridized carbons (Fsp3) is 0.222. The molecule has 6 nitrogen and oxygen atoms in total. The lowest BCUT2D eigenvalue weighted by Crippen LogP contribution is -2.46. The first-order valence-electron chi connectivity index (χ1n) is 7.90. The minimum absolute atomic E-state index is 0.0517. The number of carbonyl (C=O) groups excluding carboxylic acids is 2. The van der Waals surface area contributed by atoms with Gasteiger partial charge in [0.2, 0.25) is 5.91 Å². The highest BCUT2D eigenvalue weighted by molar-refractivity contribution is 7.12. The largest absolute Gasteiger partial charge is 0.339 e. The average molecular weight is 354 g/mol. The second kappa shape index (κ2) is 7.40. The SMILES string of the molecule is CC(C)[C@H](NC(=O)c1cccs1)C(=O)Nc1ccc2nccnc2c1. The summed E-state index contributed by atoms with van der Waals surface area (Å²) in [7, 11) is 0. The molecule has 2 heterocycles. The molecule has 0 saturated carbocycles. The Morgan fingerprint density at radius 3 is 2.52 bits per heavy atom. The molecular formula is C18H18N4O2S. The third-order valence-electron chi connectivity index (χ3n) is 3.72. The summed E-state index contributed by atoms with van der Waals surface area (Å²) in [4.78, 5) is 33.9. The van der Waals surface area contributed by atoms with Crippen molar-refractivity contribution >= 4 is 39.9 Å². The van der Waals surface area contributed by atoms with E-state index in [-0.39, 0.29) is 17.7 Å². The topological polar surface area (TPSA) is 84.0 Å². The number of fused-ring (bicyclic) bond motifs is 1. The Kier molecular flexibility index (Phi) is 5.04. The quantitative estimate of drug-likeness (QED) is 0.737. The number of amides is 2. The second-order valence-electron chi connectivity index (χ2n) is 5.92. The van der Waals surface area contributed by atoms with Gasteiger partial charge in [0, 0.05) is 18.1 Å². The Hall–Kier alpha value is -2.80. The molecule has 0 unspecified atom stereocenters. The number of anilines is 1. The molecule has 2 N–H and O–H groups in total. The van der Waals surface area contributed by atoms with E-state index in [1.807, 2.05) is 19.2 Å². The molecule has 2 amide bonds. The fourth-order valence-corrected chi connectivity index (χ4v) is 3.04. The van der Waals surface area contributed by atoms with Crippen LogP contribution in [0.2, 0.25) is 0 Å². The summed E-state index contributed by atoms with van der Waals surface area (Å²) in [5.41, 5.74) is 2.07. The van der Waals surface area contributed by atoms with Crippen molar-refractivity contribution in [2.45, 2.75) is 19.9 Å². The van der Waals surface area contributed by atoms with Gasteiger partial charge in [0.15, 0.2) is 0 Å². The molecule has 128 valence electrons. The smallest absolute Gasteiger partial charge is 0.262 e. The number of hydrogen-bond donors (Lipinski definition) is 2. The van der Waals surface area contributed by atoms with Gasteiger partial charge in [0.05, 0.1) is 15.9 Å². The molecule has 0 spiro atoms.